The van der Waals surface area contributed by atoms with E-state index in [9.17, 15) is 18.7 Å². The minimum Gasteiger partial charge on any atom is -0.459 e. The molecule has 0 spiro atoms. The molecule has 0 aromatic heterocycles. The van der Waals surface area contributed by atoms with E-state index < -0.39 is 46.8 Å². The van der Waals surface area contributed by atoms with Crippen LogP contribution in [0.5, 0.6) is 0 Å². The summed E-state index contributed by atoms with van der Waals surface area (Å²) in [6, 6.07) is 0. The van der Waals surface area contributed by atoms with Crippen molar-refractivity contribution < 1.29 is 61.4 Å². The minimum atomic E-state index is -4.86. The van der Waals surface area contributed by atoms with Crippen LogP contribution in [-0.4, -0.2) is 78.5 Å². The number of carbonyl (C=O) groups is 2. The fourth-order valence-electron chi connectivity index (χ4n) is 1.69. The second-order valence-electron chi connectivity index (χ2n) is 6.13. The molecule has 31 heavy (non-hydrogen) atoms. The number of hydrogen-bond acceptors (Lipinski definition) is 10. The van der Waals surface area contributed by atoms with Crippen molar-refractivity contribution in [3.05, 3.63) is 24.3 Å². The van der Waals surface area contributed by atoms with Gasteiger partial charge in [0.05, 0.1) is 26.4 Å². The lowest BCUT2D eigenvalue weighted by molar-refractivity contribution is -0.144. The summed E-state index contributed by atoms with van der Waals surface area (Å²) in [7, 11) is -8.16. The van der Waals surface area contributed by atoms with Gasteiger partial charge >= 0.3 is 28.0 Å². The van der Waals surface area contributed by atoms with Gasteiger partial charge in [-0.15, -0.1) is 0 Å². The molecule has 3 unspecified atom stereocenters. The van der Waals surface area contributed by atoms with Gasteiger partial charge in [-0.25, -0.2) is 14.2 Å². The lowest BCUT2D eigenvalue weighted by Crippen LogP contribution is -2.28. The van der Waals surface area contributed by atoms with Gasteiger partial charge in [0.2, 0.25) is 0 Å². The zero-order valence-corrected chi connectivity index (χ0v) is 19.1. The highest BCUT2D eigenvalue weighted by atomic mass is 31.2. The van der Waals surface area contributed by atoms with Gasteiger partial charge in [-0.2, -0.15) is 0 Å². The third-order valence-corrected chi connectivity index (χ3v) is 4.14. The van der Waals surface area contributed by atoms with Crippen LogP contribution in [0.15, 0.2) is 24.3 Å². The van der Waals surface area contributed by atoms with E-state index in [0.29, 0.717) is 0 Å². The summed E-state index contributed by atoms with van der Waals surface area (Å²) in [5, 5.41) is 0. The van der Waals surface area contributed by atoms with Crippen LogP contribution in [0, 0.1) is 0 Å². The first-order chi connectivity index (χ1) is 14.3. The van der Waals surface area contributed by atoms with Crippen LogP contribution in [0.2, 0.25) is 0 Å². The normalized spacial score (nSPS) is 14.4. The molecule has 0 aliphatic carbocycles. The van der Waals surface area contributed by atoms with Crippen LogP contribution in [0.25, 0.3) is 0 Å². The van der Waals surface area contributed by atoms with E-state index in [1.807, 2.05) is 0 Å². The lowest BCUT2D eigenvalue weighted by Gasteiger charge is -2.19. The Morgan fingerprint density at radius 3 is 1.71 bits per heavy atom. The van der Waals surface area contributed by atoms with Crippen molar-refractivity contribution in [3.8, 4) is 0 Å². The fourth-order valence-corrected chi connectivity index (χ4v) is 2.62. The quantitative estimate of drug-likeness (QED) is 0.111. The van der Waals surface area contributed by atoms with Crippen LogP contribution in [-0.2, 0) is 46.7 Å². The number of phosphoric ester groups is 1. The summed E-state index contributed by atoms with van der Waals surface area (Å²) < 4.78 is 51.1. The molecule has 3 atom stereocenters. The molecule has 0 saturated heterocycles. The molecule has 180 valence electrons. The summed E-state index contributed by atoms with van der Waals surface area (Å²) in [4.78, 5) is 49.5. The Morgan fingerprint density at radius 2 is 1.32 bits per heavy atom. The Kier molecular flexibility index (Phi) is 14.7. The van der Waals surface area contributed by atoms with Gasteiger partial charge < -0.3 is 38.2 Å². The molecule has 0 fully saturated rings. The molecule has 0 radical (unpaired) electrons. The average Bonchev–Trinajstić information content (AvgIpc) is 2.63. The minimum absolute atomic E-state index is 0.0468. The number of rotatable bonds is 17. The van der Waals surface area contributed by atoms with Crippen LogP contribution >= 0.6 is 16.1 Å². The second-order valence-corrected chi connectivity index (χ2v) is 8.09. The molecule has 0 amide bonds. The highest BCUT2D eigenvalue weighted by Gasteiger charge is 2.24. The number of phosphoric acid groups is 1. The van der Waals surface area contributed by atoms with E-state index in [-0.39, 0.29) is 44.2 Å². The molecule has 13 nitrogen and oxygen atoms in total. The third-order valence-electron chi connectivity index (χ3n) is 3.03. The highest BCUT2D eigenvalue weighted by molar-refractivity contribution is 7.46. The summed E-state index contributed by atoms with van der Waals surface area (Å²) in [6.07, 6.45) is -2.26. The standard InChI is InChI=1S/C16H28O13P2/c1-11(2)15(17)26-9-13(28-30(19)20)7-24-5-6-25-8-14(29-31(21,22)23)10-27-16(18)12(3)4/h13-14,30H,1,3,5-10H2,2,4H3,(H,19,20)(H2,21,22,23). The lowest BCUT2D eigenvalue weighted by atomic mass is 10.3. The monoisotopic (exact) mass is 490 g/mol. The van der Waals surface area contributed by atoms with Crippen LogP contribution in [0.3, 0.4) is 0 Å². The predicted molar refractivity (Wildman–Crippen MR) is 106 cm³/mol. The van der Waals surface area contributed by atoms with E-state index in [2.05, 4.69) is 17.7 Å². The molecular formula is C16H28O13P2. The van der Waals surface area contributed by atoms with E-state index in [1.165, 1.54) is 13.8 Å². The number of ether oxygens (including phenoxy) is 4. The molecule has 0 heterocycles. The average molecular weight is 490 g/mol. The second kappa shape index (κ2) is 15.4. The first-order valence-electron chi connectivity index (χ1n) is 8.76. The largest absolute Gasteiger partial charge is 0.470 e. The maximum Gasteiger partial charge on any atom is 0.470 e. The Hall–Kier alpha value is -1.40. The van der Waals surface area contributed by atoms with Gasteiger partial charge in [-0.3, -0.25) is 9.09 Å². The smallest absolute Gasteiger partial charge is 0.459 e. The van der Waals surface area contributed by atoms with Gasteiger partial charge in [-0.05, 0) is 13.8 Å². The van der Waals surface area contributed by atoms with Crippen molar-refractivity contribution in [2.45, 2.75) is 26.1 Å². The molecule has 0 rings (SSSR count). The van der Waals surface area contributed by atoms with E-state index in [1.54, 1.807) is 0 Å². The first kappa shape index (κ1) is 29.6. The maximum atomic E-state index is 11.4. The predicted octanol–water partition coefficient (Wildman–Crippen LogP) is 0.503. The van der Waals surface area contributed by atoms with Gasteiger partial charge in [0.25, 0.3) is 0 Å². The van der Waals surface area contributed by atoms with Gasteiger partial charge in [0, 0.05) is 11.1 Å². The molecule has 0 aromatic carbocycles. The molecular weight excluding hydrogens is 462 g/mol. The summed E-state index contributed by atoms with van der Waals surface area (Å²) >= 11 is 0. The molecule has 0 aromatic rings. The van der Waals surface area contributed by atoms with Crippen molar-refractivity contribution in [3.63, 3.8) is 0 Å². The Balaban J connectivity index is 4.37. The molecule has 0 aliphatic heterocycles. The van der Waals surface area contributed by atoms with E-state index in [0.717, 1.165) is 0 Å². The van der Waals surface area contributed by atoms with Crippen LogP contribution in [0.4, 0.5) is 0 Å². The number of esters is 2. The molecule has 0 saturated carbocycles. The van der Waals surface area contributed by atoms with Gasteiger partial charge in [0.15, 0.2) is 0 Å². The zero-order chi connectivity index (χ0) is 24.0. The summed E-state index contributed by atoms with van der Waals surface area (Å²) in [5.41, 5.74) is 0.242. The van der Waals surface area contributed by atoms with Crippen molar-refractivity contribution in [1.82, 2.24) is 0 Å². The zero-order valence-electron chi connectivity index (χ0n) is 17.2. The number of hydrogen-bond donors (Lipinski definition) is 3. The Morgan fingerprint density at radius 1 is 0.903 bits per heavy atom. The van der Waals surface area contributed by atoms with E-state index in [4.69, 9.17) is 38.2 Å². The first-order valence-corrected chi connectivity index (χ1v) is 11.6. The van der Waals surface area contributed by atoms with Gasteiger partial charge in [0.1, 0.15) is 25.4 Å². The topological polar surface area (TPSA) is 184 Å². The van der Waals surface area contributed by atoms with Crippen molar-refractivity contribution in [2.24, 2.45) is 0 Å². The third kappa shape index (κ3) is 16.9. The van der Waals surface area contributed by atoms with Crippen molar-refractivity contribution >= 4 is 28.0 Å². The Labute approximate surface area is 180 Å². The molecule has 0 bridgehead atoms. The molecule has 15 heteroatoms. The Bertz CT molecular complexity index is 687. The number of carbonyl (C=O) groups excluding carboxylic acids is 2. The van der Waals surface area contributed by atoms with Crippen molar-refractivity contribution in [2.75, 3.05) is 39.6 Å². The van der Waals surface area contributed by atoms with Crippen molar-refractivity contribution in [1.29, 1.82) is 0 Å². The molecule has 3 N–H and O–H groups in total. The van der Waals surface area contributed by atoms with Crippen LogP contribution in [0.1, 0.15) is 13.8 Å². The fraction of sp³-hybridized carbons (Fsp3) is 0.625. The summed E-state index contributed by atoms with van der Waals surface area (Å²) in [6.45, 7) is 8.14. The van der Waals surface area contributed by atoms with E-state index >= 15 is 0 Å². The van der Waals surface area contributed by atoms with Gasteiger partial charge in [-0.1, -0.05) is 13.2 Å². The SMILES string of the molecule is C=C(C)C(=O)OCC(COCCOCC(COC(=O)C(=C)C)OP(=O)(O)O)O[PH](=O)O. The molecule has 0 aliphatic rings. The maximum absolute atomic E-state index is 11.4. The highest BCUT2D eigenvalue weighted by Crippen LogP contribution is 2.37. The summed E-state index contributed by atoms with van der Waals surface area (Å²) in [5.74, 6) is -1.46. The van der Waals surface area contributed by atoms with Crippen LogP contribution < -0.4 is 0 Å².